The molecule has 1 aliphatic rings. The number of halogens is 4. The highest BCUT2D eigenvalue weighted by molar-refractivity contribution is 5.91. The number of piperidine rings is 1. The van der Waals surface area contributed by atoms with Gasteiger partial charge in [0.15, 0.2) is 5.69 Å². The van der Waals surface area contributed by atoms with E-state index in [1.54, 1.807) is 16.9 Å². The summed E-state index contributed by atoms with van der Waals surface area (Å²) in [5, 5.41) is 13.8. The van der Waals surface area contributed by atoms with Crippen LogP contribution in [0.5, 0.6) is 5.75 Å². The molecule has 1 aliphatic heterocycles. The third kappa shape index (κ3) is 6.10. The van der Waals surface area contributed by atoms with Gasteiger partial charge >= 0.3 is 6.36 Å². The van der Waals surface area contributed by atoms with Gasteiger partial charge in [-0.05, 0) is 44.0 Å². The minimum Gasteiger partial charge on any atom is -0.406 e. The van der Waals surface area contributed by atoms with E-state index in [9.17, 15) is 18.0 Å². The minimum atomic E-state index is -4.76. The smallest absolute Gasteiger partial charge is 0.406 e. The molecule has 7 nitrogen and oxygen atoms in total. The predicted molar refractivity (Wildman–Crippen MR) is 97.6 cm³/mol. The van der Waals surface area contributed by atoms with Crippen LogP contribution in [-0.4, -0.2) is 46.9 Å². The van der Waals surface area contributed by atoms with E-state index in [1.165, 1.54) is 18.2 Å². The van der Waals surface area contributed by atoms with E-state index >= 15 is 0 Å². The molecule has 0 spiro atoms. The Morgan fingerprint density at radius 1 is 1.29 bits per heavy atom. The van der Waals surface area contributed by atoms with E-state index in [1.807, 2.05) is 0 Å². The molecule has 0 bridgehead atoms. The van der Waals surface area contributed by atoms with Crippen LogP contribution in [0, 0.1) is 0 Å². The van der Waals surface area contributed by atoms with Crippen molar-refractivity contribution in [2.24, 2.45) is 0 Å². The van der Waals surface area contributed by atoms with E-state index in [-0.39, 0.29) is 42.9 Å². The lowest BCUT2D eigenvalue weighted by Gasteiger charge is -2.22. The quantitative estimate of drug-likeness (QED) is 0.752. The van der Waals surface area contributed by atoms with Crippen molar-refractivity contribution in [1.82, 2.24) is 25.6 Å². The highest BCUT2D eigenvalue weighted by Crippen LogP contribution is 2.26. The zero-order chi connectivity index (χ0) is 19.3. The van der Waals surface area contributed by atoms with Gasteiger partial charge in [-0.1, -0.05) is 23.4 Å². The first-order valence-corrected chi connectivity index (χ1v) is 8.67. The Labute approximate surface area is 166 Å². The van der Waals surface area contributed by atoms with Crippen LogP contribution in [0.1, 0.15) is 34.9 Å². The van der Waals surface area contributed by atoms with Gasteiger partial charge in [-0.25, -0.2) is 4.68 Å². The number of ether oxygens (including phenoxy) is 1. The van der Waals surface area contributed by atoms with Gasteiger partial charge in [-0.3, -0.25) is 4.79 Å². The number of nitrogens with one attached hydrogen (secondary N) is 2. The third-order valence-electron chi connectivity index (χ3n) is 4.30. The molecule has 154 valence electrons. The summed E-state index contributed by atoms with van der Waals surface area (Å²) >= 11 is 0. The molecule has 2 heterocycles. The number of rotatable bonds is 6. The van der Waals surface area contributed by atoms with Crippen molar-refractivity contribution in [3.8, 4) is 5.75 Å². The predicted octanol–water partition coefficient (Wildman–Crippen LogP) is 2.50. The van der Waals surface area contributed by atoms with Crippen molar-refractivity contribution in [3.63, 3.8) is 0 Å². The summed E-state index contributed by atoms with van der Waals surface area (Å²) in [5.74, 6) is -0.680. The van der Waals surface area contributed by atoms with Gasteiger partial charge in [0.25, 0.3) is 5.91 Å². The Morgan fingerprint density at radius 2 is 2.00 bits per heavy atom. The Kier molecular flexibility index (Phi) is 7.64. The SMILES string of the molecule is Cl.O=C(NCCc1ccccc1OC(F)(F)F)c1cn(C2CCNCC2)nn1. The van der Waals surface area contributed by atoms with Gasteiger partial charge in [0.1, 0.15) is 5.75 Å². The molecule has 0 saturated carbocycles. The number of carbonyl (C=O) groups is 1. The fourth-order valence-electron chi connectivity index (χ4n) is 2.97. The number of alkyl halides is 3. The zero-order valence-corrected chi connectivity index (χ0v) is 15.7. The van der Waals surface area contributed by atoms with Gasteiger partial charge in [-0.2, -0.15) is 0 Å². The molecule has 3 rings (SSSR count). The van der Waals surface area contributed by atoms with Crippen LogP contribution in [0.4, 0.5) is 13.2 Å². The van der Waals surface area contributed by atoms with Crippen LogP contribution in [0.2, 0.25) is 0 Å². The molecule has 11 heteroatoms. The van der Waals surface area contributed by atoms with Gasteiger partial charge in [0, 0.05) is 6.54 Å². The van der Waals surface area contributed by atoms with Crippen LogP contribution < -0.4 is 15.4 Å². The molecule has 2 N–H and O–H groups in total. The highest BCUT2D eigenvalue weighted by Gasteiger charge is 2.31. The summed E-state index contributed by atoms with van der Waals surface area (Å²) in [6.45, 7) is 1.94. The van der Waals surface area contributed by atoms with Crippen LogP contribution in [0.15, 0.2) is 30.5 Å². The second kappa shape index (κ2) is 9.74. The van der Waals surface area contributed by atoms with Crippen LogP contribution in [0.3, 0.4) is 0 Å². The lowest BCUT2D eigenvalue weighted by atomic mass is 10.1. The molecule has 0 aliphatic carbocycles. The Balaban J connectivity index is 0.00000280. The maximum atomic E-state index is 12.4. The fraction of sp³-hybridized carbons (Fsp3) is 0.471. The van der Waals surface area contributed by atoms with Crippen LogP contribution in [0.25, 0.3) is 0 Å². The Bertz CT molecular complexity index is 778. The summed E-state index contributed by atoms with van der Waals surface area (Å²) in [5.41, 5.74) is 0.543. The van der Waals surface area contributed by atoms with Crippen molar-refractivity contribution in [1.29, 1.82) is 0 Å². The van der Waals surface area contributed by atoms with E-state index in [0.717, 1.165) is 25.9 Å². The van der Waals surface area contributed by atoms with Gasteiger partial charge in [0.05, 0.1) is 12.2 Å². The molecule has 1 aromatic carbocycles. The fourth-order valence-corrected chi connectivity index (χ4v) is 2.97. The third-order valence-corrected chi connectivity index (χ3v) is 4.30. The number of hydrogen-bond donors (Lipinski definition) is 2. The Morgan fingerprint density at radius 3 is 2.71 bits per heavy atom. The van der Waals surface area contributed by atoms with Gasteiger partial charge in [0.2, 0.25) is 0 Å². The minimum absolute atomic E-state index is 0. The van der Waals surface area contributed by atoms with Gasteiger partial charge in [-0.15, -0.1) is 30.7 Å². The van der Waals surface area contributed by atoms with Crippen LogP contribution >= 0.6 is 12.4 Å². The lowest BCUT2D eigenvalue weighted by Crippen LogP contribution is -2.29. The molecule has 0 atom stereocenters. The first kappa shape index (κ1) is 22.0. The first-order chi connectivity index (χ1) is 12.9. The monoisotopic (exact) mass is 419 g/mol. The highest BCUT2D eigenvalue weighted by atomic mass is 35.5. The molecular formula is C17H21ClF3N5O2. The van der Waals surface area contributed by atoms with Crippen molar-refractivity contribution >= 4 is 18.3 Å². The number of amides is 1. The summed E-state index contributed by atoms with van der Waals surface area (Å²) < 4.78 is 43.0. The molecule has 0 radical (unpaired) electrons. The summed E-state index contributed by atoms with van der Waals surface area (Å²) in [7, 11) is 0. The molecule has 1 fully saturated rings. The number of aromatic nitrogens is 3. The van der Waals surface area contributed by atoms with E-state index < -0.39 is 12.3 Å². The second-order valence-corrected chi connectivity index (χ2v) is 6.23. The molecule has 1 aromatic heterocycles. The molecule has 1 saturated heterocycles. The standard InChI is InChI=1S/C17H20F3N5O2.ClH/c18-17(19,20)27-15-4-2-1-3-12(15)5-10-22-16(26)14-11-25(24-23-14)13-6-8-21-9-7-13;/h1-4,11,13,21H,5-10H2,(H,22,26);1H. The topological polar surface area (TPSA) is 81.1 Å². The number of nitrogens with zero attached hydrogens (tertiary/aromatic N) is 3. The van der Waals surface area contributed by atoms with Crippen molar-refractivity contribution < 1.29 is 22.7 Å². The largest absolute Gasteiger partial charge is 0.573 e. The average Bonchev–Trinajstić information content (AvgIpc) is 3.13. The normalized spacial score (nSPS) is 15.0. The molecule has 2 aromatic rings. The number of carbonyl (C=O) groups excluding carboxylic acids is 1. The average molecular weight is 420 g/mol. The number of hydrogen-bond acceptors (Lipinski definition) is 5. The van der Waals surface area contributed by atoms with E-state index in [4.69, 9.17) is 0 Å². The first-order valence-electron chi connectivity index (χ1n) is 8.67. The Hall–Kier alpha value is -2.33. The van der Waals surface area contributed by atoms with Gasteiger partial charge < -0.3 is 15.4 Å². The van der Waals surface area contributed by atoms with E-state index in [0.29, 0.717) is 5.56 Å². The lowest BCUT2D eigenvalue weighted by molar-refractivity contribution is -0.274. The van der Waals surface area contributed by atoms with Crippen molar-refractivity contribution in [2.45, 2.75) is 31.7 Å². The summed E-state index contributed by atoms with van der Waals surface area (Å²) in [4.78, 5) is 12.2. The molecule has 28 heavy (non-hydrogen) atoms. The number of para-hydroxylation sites is 1. The van der Waals surface area contributed by atoms with Crippen molar-refractivity contribution in [2.75, 3.05) is 19.6 Å². The number of benzene rings is 1. The molecular weight excluding hydrogens is 399 g/mol. The van der Waals surface area contributed by atoms with E-state index in [2.05, 4.69) is 25.7 Å². The molecule has 1 amide bonds. The maximum Gasteiger partial charge on any atom is 0.573 e. The maximum absolute atomic E-state index is 12.4. The molecule has 0 unspecified atom stereocenters. The van der Waals surface area contributed by atoms with Crippen LogP contribution in [-0.2, 0) is 6.42 Å². The summed E-state index contributed by atoms with van der Waals surface area (Å²) in [6.07, 6.45) is -1.13. The zero-order valence-electron chi connectivity index (χ0n) is 14.9. The summed E-state index contributed by atoms with van der Waals surface area (Å²) in [6, 6.07) is 6.06. The second-order valence-electron chi connectivity index (χ2n) is 6.23. The van der Waals surface area contributed by atoms with Crippen molar-refractivity contribution in [3.05, 3.63) is 41.7 Å².